The summed E-state index contributed by atoms with van der Waals surface area (Å²) < 4.78 is 26.9. The van der Waals surface area contributed by atoms with Crippen molar-refractivity contribution in [1.29, 1.82) is 0 Å². The number of nitrogens with one attached hydrogen (secondary N) is 2. The van der Waals surface area contributed by atoms with E-state index in [-0.39, 0.29) is 11.4 Å². The van der Waals surface area contributed by atoms with Crippen LogP contribution in [0.1, 0.15) is 12.8 Å². The normalized spacial score (nSPS) is 16.1. The molecule has 0 radical (unpaired) electrons. The van der Waals surface area contributed by atoms with Gasteiger partial charge in [0.15, 0.2) is 0 Å². The van der Waals surface area contributed by atoms with Crippen molar-refractivity contribution in [3.8, 4) is 11.1 Å². The molecule has 0 unspecified atom stereocenters. The van der Waals surface area contributed by atoms with Crippen molar-refractivity contribution in [3.63, 3.8) is 0 Å². The third kappa shape index (κ3) is 5.59. The van der Waals surface area contributed by atoms with Gasteiger partial charge in [0.1, 0.15) is 6.04 Å². The van der Waals surface area contributed by atoms with E-state index in [0.717, 1.165) is 15.4 Å². The Bertz CT molecular complexity index is 1360. The molecule has 1 heterocycles. The number of hydrogen-bond donors (Lipinski definition) is 3. The van der Waals surface area contributed by atoms with Gasteiger partial charge in [0, 0.05) is 17.3 Å². The Morgan fingerprint density at radius 1 is 0.914 bits per heavy atom. The highest BCUT2D eigenvalue weighted by Gasteiger charge is 2.39. The molecule has 1 fully saturated rings. The Labute approximate surface area is 212 Å². The molecule has 8 nitrogen and oxygen atoms in total. The average molecular weight is 534 g/mol. The van der Waals surface area contributed by atoms with E-state index in [1.54, 1.807) is 48.5 Å². The van der Waals surface area contributed by atoms with E-state index in [2.05, 4.69) is 10.6 Å². The molecule has 0 aromatic heterocycles. The number of aliphatic carboxylic acids is 1. The van der Waals surface area contributed by atoms with Crippen LogP contribution in [0.3, 0.4) is 0 Å². The summed E-state index contributed by atoms with van der Waals surface area (Å²) >= 11 is 11.9. The van der Waals surface area contributed by atoms with Gasteiger partial charge in [0.2, 0.25) is 10.0 Å². The van der Waals surface area contributed by atoms with Gasteiger partial charge in [-0.2, -0.15) is 4.31 Å². The summed E-state index contributed by atoms with van der Waals surface area (Å²) in [6.07, 6.45) is 0.817. The molecule has 0 aliphatic carbocycles. The zero-order chi connectivity index (χ0) is 25.2. The van der Waals surface area contributed by atoms with E-state index in [0.29, 0.717) is 34.3 Å². The number of carboxylic acid groups (broad SMARTS) is 1. The van der Waals surface area contributed by atoms with Gasteiger partial charge in [-0.25, -0.2) is 13.2 Å². The Kier molecular flexibility index (Phi) is 7.32. The van der Waals surface area contributed by atoms with Crippen LogP contribution in [0.15, 0.2) is 71.6 Å². The molecule has 11 heteroatoms. The van der Waals surface area contributed by atoms with Crippen LogP contribution < -0.4 is 10.6 Å². The summed E-state index contributed by atoms with van der Waals surface area (Å²) in [6, 6.07) is 16.5. The van der Waals surface area contributed by atoms with Crippen molar-refractivity contribution in [2.75, 3.05) is 17.2 Å². The van der Waals surface area contributed by atoms with Crippen LogP contribution >= 0.6 is 23.2 Å². The minimum absolute atomic E-state index is 0.0465. The van der Waals surface area contributed by atoms with Crippen molar-refractivity contribution in [1.82, 2.24) is 4.31 Å². The number of halogens is 2. The highest BCUT2D eigenvalue weighted by atomic mass is 35.5. The summed E-state index contributed by atoms with van der Waals surface area (Å²) in [5.41, 5.74) is 2.54. The van der Waals surface area contributed by atoms with Crippen LogP contribution in [0.5, 0.6) is 0 Å². The van der Waals surface area contributed by atoms with Gasteiger partial charge in [0.05, 0.1) is 15.6 Å². The maximum atomic E-state index is 12.9. The third-order valence-corrected chi connectivity index (χ3v) is 8.08. The standard InChI is InChI=1S/C24H21Cl2N3O5S/c25-17-7-12-21(20(26)14-17)28-24(32)27-18-8-3-15(4-9-18)16-5-10-19(11-6-16)35(33,34)29-13-1-2-22(29)23(30)31/h3-12,14,22H,1-2,13H2,(H,30,31)(H2,27,28,32)/t22-/m0/s1. The first-order valence-corrected chi connectivity index (χ1v) is 12.8. The Morgan fingerprint density at radius 3 is 2.14 bits per heavy atom. The fourth-order valence-electron chi connectivity index (χ4n) is 3.85. The van der Waals surface area contributed by atoms with Gasteiger partial charge >= 0.3 is 12.0 Å². The zero-order valence-corrected chi connectivity index (χ0v) is 20.6. The van der Waals surface area contributed by atoms with E-state index in [1.165, 1.54) is 18.2 Å². The van der Waals surface area contributed by atoms with Gasteiger partial charge in [0.25, 0.3) is 0 Å². The summed E-state index contributed by atoms with van der Waals surface area (Å²) in [7, 11) is -3.90. The molecule has 0 saturated carbocycles. The van der Waals surface area contributed by atoms with Crippen LogP contribution in [0.4, 0.5) is 16.2 Å². The maximum Gasteiger partial charge on any atom is 0.323 e. The number of urea groups is 1. The minimum atomic E-state index is -3.90. The average Bonchev–Trinajstić information content (AvgIpc) is 3.33. The number of anilines is 2. The van der Waals surface area contributed by atoms with Crippen molar-refractivity contribution >= 4 is 56.6 Å². The number of carbonyl (C=O) groups is 2. The van der Waals surface area contributed by atoms with E-state index >= 15 is 0 Å². The smallest absolute Gasteiger partial charge is 0.323 e. The number of nitrogens with zero attached hydrogens (tertiary/aromatic N) is 1. The van der Waals surface area contributed by atoms with Gasteiger partial charge in [-0.15, -0.1) is 0 Å². The molecule has 3 N–H and O–H groups in total. The monoisotopic (exact) mass is 533 g/mol. The summed E-state index contributed by atoms with van der Waals surface area (Å²) in [4.78, 5) is 23.7. The maximum absolute atomic E-state index is 12.9. The lowest BCUT2D eigenvalue weighted by Gasteiger charge is -2.21. The number of sulfonamides is 1. The number of carboxylic acids is 1. The Morgan fingerprint density at radius 2 is 1.54 bits per heavy atom. The van der Waals surface area contributed by atoms with Crippen LogP contribution in [0.2, 0.25) is 10.0 Å². The molecule has 2 amide bonds. The highest BCUT2D eigenvalue weighted by Crippen LogP contribution is 2.29. The molecule has 1 atom stereocenters. The second-order valence-electron chi connectivity index (χ2n) is 7.92. The topological polar surface area (TPSA) is 116 Å². The minimum Gasteiger partial charge on any atom is -0.480 e. The van der Waals surface area contributed by atoms with Crippen LogP contribution in [-0.2, 0) is 14.8 Å². The second-order valence-corrected chi connectivity index (χ2v) is 10.7. The number of amides is 2. The first kappa shape index (κ1) is 25.0. The van der Waals surface area contributed by atoms with E-state index in [1.807, 2.05) is 0 Å². The quantitative estimate of drug-likeness (QED) is 0.384. The number of rotatable bonds is 6. The molecule has 1 saturated heterocycles. The van der Waals surface area contributed by atoms with E-state index in [9.17, 15) is 23.1 Å². The van der Waals surface area contributed by atoms with Crippen molar-refractivity contribution in [2.45, 2.75) is 23.8 Å². The molecule has 1 aliphatic heterocycles. The number of benzene rings is 3. The first-order valence-electron chi connectivity index (χ1n) is 10.6. The molecule has 35 heavy (non-hydrogen) atoms. The molecule has 182 valence electrons. The lowest BCUT2D eigenvalue weighted by atomic mass is 10.1. The largest absolute Gasteiger partial charge is 0.480 e. The van der Waals surface area contributed by atoms with Crippen molar-refractivity contribution in [3.05, 3.63) is 76.8 Å². The highest BCUT2D eigenvalue weighted by molar-refractivity contribution is 7.89. The lowest BCUT2D eigenvalue weighted by Crippen LogP contribution is -2.40. The van der Waals surface area contributed by atoms with Crippen LogP contribution in [0.25, 0.3) is 11.1 Å². The van der Waals surface area contributed by atoms with Crippen molar-refractivity contribution in [2.24, 2.45) is 0 Å². The molecule has 0 bridgehead atoms. The van der Waals surface area contributed by atoms with E-state index in [4.69, 9.17) is 23.2 Å². The fraction of sp³-hybridized carbons (Fsp3) is 0.167. The molecule has 3 aromatic carbocycles. The molecule has 0 spiro atoms. The first-order chi connectivity index (χ1) is 16.6. The molecule has 4 rings (SSSR count). The molecule has 1 aliphatic rings. The third-order valence-electron chi connectivity index (χ3n) is 5.61. The van der Waals surface area contributed by atoms with Crippen LogP contribution in [0, 0.1) is 0 Å². The lowest BCUT2D eigenvalue weighted by molar-refractivity contribution is -0.140. The molecular weight excluding hydrogens is 513 g/mol. The second kappa shape index (κ2) is 10.2. The van der Waals surface area contributed by atoms with Gasteiger partial charge < -0.3 is 15.7 Å². The van der Waals surface area contributed by atoms with Gasteiger partial charge in [-0.3, -0.25) is 4.79 Å². The predicted octanol–water partition coefficient (Wildman–Crippen LogP) is 5.54. The summed E-state index contributed by atoms with van der Waals surface area (Å²) in [5, 5.41) is 15.4. The predicted molar refractivity (Wildman–Crippen MR) is 136 cm³/mol. The number of hydrogen-bond acceptors (Lipinski definition) is 4. The van der Waals surface area contributed by atoms with Crippen molar-refractivity contribution < 1.29 is 23.1 Å². The van der Waals surface area contributed by atoms with Gasteiger partial charge in [-0.1, -0.05) is 47.5 Å². The number of carbonyl (C=O) groups excluding carboxylic acids is 1. The summed E-state index contributed by atoms with van der Waals surface area (Å²) in [6.45, 7) is 0.188. The Hall–Kier alpha value is -3.11. The zero-order valence-electron chi connectivity index (χ0n) is 18.2. The SMILES string of the molecule is O=C(Nc1ccc(-c2ccc(S(=O)(=O)N3CCC[C@H]3C(=O)O)cc2)cc1)Nc1ccc(Cl)cc1Cl. The van der Waals surface area contributed by atoms with Crippen LogP contribution in [-0.4, -0.2) is 42.4 Å². The fourth-order valence-corrected chi connectivity index (χ4v) is 5.96. The molecule has 3 aromatic rings. The summed E-state index contributed by atoms with van der Waals surface area (Å²) in [5.74, 6) is -1.14. The molecular formula is C24H21Cl2N3O5S. The Balaban J connectivity index is 1.43. The van der Waals surface area contributed by atoms with Gasteiger partial charge in [-0.05, 0) is 66.4 Å². The van der Waals surface area contributed by atoms with E-state index < -0.39 is 28.1 Å².